The Hall–Kier alpha value is -1.92. The van der Waals surface area contributed by atoms with Gasteiger partial charge < -0.3 is 9.47 Å². The normalized spacial score (nSPS) is 21.7. The van der Waals surface area contributed by atoms with Crippen LogP contribution in [0.2, 0.25) is 0 Å². The summed E-state index contributed by atoms with van der Waals surface area (Å²) in [4.78, 5) is 6.48. The smallest absolute Gasteiger partial charge is 0.138 e. The van der Waals surface area contributed by atoms with Crippen LogP contribution in [0.3, 0.4) is 0 Å². The average molecular weight is 300 g/mol. The summed E-state index contributed by atoms with van der Waals surface area (Å²) in [5.74, 6) is 0.847. The zero-order chi connectivity index (χ0) is 14.8. The SMILES string of the molecule is c1cncc(OC2CCN(Cc3n[nH]c4c3COCC4)C2)c1. The van der Waals surface area contributed by atoms with Gasteiger partial charge in [0, 0.05) is 43.5 Å². The Bertz CT molecular complexity index is 628. The first-order chi connectivity index (χ1) is 10.9. The number of fused-ring (bicyclic) bond motifs is 1. The molecule has 2 aromatic rings. The summed E-state index contributed by atoms with van der Waals surface area (Å²) < 4.78 is 11.5. The van der Waals surface area contributed by atoms with Crippen molar-refractivity contribution in [2.75, 3.05) is 19.7 Å². The molecule has 1 unspecified atom stereocenters. The van der Waals surface area contributed by atoms with Gasteiger partial charge in [-0.1, -0.05) is 0 Å². The minimum atomic E-state index is 0.232. The highest BCUT2D eigenvalue weighted by molar-refractivity contribution is 5.26. The lowest BCUT2D eigenvalue weighted by Crippen LogP contribution is -2.25. The lowest BCUT2D eigenvalue weighted by Gasteiger charge is -2.17. The average Bonchev–Trinajstić information content (AvgIpc) is 3.17. The second kappa shape index (κ2) is 6.06. The van der Waals surface area contributed by atoms with Gasteiger partial charge in [0.15, 0.2) is 0 Å². The highest BCUT2D eigenvalue weighted by Gasteiger charge is 2.26. The van der Waals surface area contributed by atoms with Gasteiger partial charge in [-0.2, -0.15) is 5.10 Å². The van der Waals surface area contributed by atoms with E-state index in [0.29, 0.717) is 6.61 Å². The van der Waals surface area contributed by atoms with Gasteiger partial charge in [-0.05, 0) is 18.6 Å². The van der Waals surface area contributed by atoms with Crippen molar-refractivity contribution >= 4 is 0 Å². The Labute approximate surface area is 129 Å². The van der Waals surface area contributed by atoms with Crippen molar-refractivity contribution in [3.63, 3.8) is 0 Å². The van der Waals surface area contributed by atoms with Crippen LogP contribution in [-0.4, -0.2) is 45.9 Å². The summed E-state index contributed by atoms with van der Waals surface area (Å²) in [5, 5.41) is 7.63. The van der Waals surface area contributed by atoms with E-state index in [1.54, 1.807) is 12.4 Å². The molecule has 4 rings (SSSR count). The molecule has 0 spiro atoms. The molecule has 0 bridgehead atoms. The number of ether oxygens (including phenoxy) is 2. The van der Waals surface area contributed by atoms with E-state index in [9.17, 15) is 0 Å². The molecule has 2 aromatic heterocycles. The van der Waals surface area contributed by atoms with E-state index in [2.05, 4.69) is 20.1 Å². The summed E-state index contributed by atoms with van der Waals surface area (Å²) in [6.45, 7) is 4.30. The number of hydrogen-bond donors (Lipinski definition) is 1. The molecule has 6 nitrogen and oxygen atoms in total. The third kappa shape index (κ3) is 2.84. The van der Waals surface area contributed by atoms with Crippen molar-refractivity contribution in [1.29, 1.82) is 0 Å². The van der Waals surface area contributed by atoms with E-state index in [-0.39, 0.29) is 6.10 Å². The first-order valence-electron chi connectivity index (χ1n) is 7.80. The third-order valence-corrected chi connectivity index (χ3v) is 4.32. The number of H-pyrrole nitrogens is 1. The van der Waals surface area contributed by atoms with E-state index >= 15 is 0 Å². The summed E-state index contributed by atoms with van der Waals surface area (Å²) in [7, 11) is 0. The Balaban J connectivity index is 1.36. The number of nitrogens with zero attached hydrogens (tertiary/aromatic N) is 3. The molecule has 6 heteroatoms. The lowest BCUT2D eigenvalue weighted by atomic mass is 10.1. The fourth-order valence-electron chi connectivity index (χ4n) is 3.16. The highest BCUT2D eigenvalue weighted by atomic mass is 16.5. The predicted octanol–water partition coefficient (Wildman–Crippen LogP) is 1.53. The topological polar surface area (TPSA) is 63.3 Å². The molecule has 0 aromatic carbocycles. The molecule has 0 amide bonds. The fraction of sp³-hybridized carbons (Fsp3) is 0.500. The lowest BCUT2D eigenvalue weighted by molar-refractivity contribution is 0.109. The molecule has 0 aliphatic carbocycles. The Kier molecular flexibility index (Phi) is 3.78. The molecule has 1 atom stereocenters. The van der Waals surface area contributed by atoms with Gasteiger partial charge in [0.25, 0.3) is 0 Å². The minimum absolute atomic E-state index is 0.232. The quantitative estimate of drug-likeness (QED) is 0.928. The van der Waals surface area contributed by atoms with Crippen LogP contribution >= 0.6 is 0 Å². The third-order valence-electron chi connectivity index (χ3n) is 4.32. The van der Waals surface area contributed by atoms with Crippen LogP contribution in [0.15, 0.2) is 24.5 Å². The molecule has 0 radical (unpaired) electrons. The molecule has 0 saturated carbocycles. The van der Waals surface area contributed by atoms with Crippen molar-refractivity contribution in [3.8, 4) is 5.75 Å². The minimum Gasteiger partial charge on any atom is -0.487 e. The number of nitrogens with one attached hydrogen (secondary N) is 1. The first-order valence-corrected chi connectivity index (χ1v) is 7.80. The van der Waals surface area contributed by atoms with Crippen LogP contribution in [0, 0.1) is 0 Å². The van der Waals surface area contributed by atoms with Gasteiger partial charge in [0.05, 0.1) is 25.1 Å². The Morgan fingerprint density at radius 1 is 1.45 bits per heavy atom. The van der Waals surface area contributed by atoms with E-state index in [0.717, 1.165) is 50.5 Å². The van der Waals surface area contributed by atoms with Crippen LogP contribution in [-0.2, 0) is 24.3 Å². The second-order valence-electron chi connectivity index (χ2n) is 5.88. The van der Waals surface area contributed by atoms with Gasteiger partial charge in [-0.3, -0.25) is 15.0 Å². The fourth-order valence-corrected chi connectivity index (χ4v) is 3.16. The van der Waals surface area contributed by atoms with Crippen LogP contribution in [0.5, 0.6) is 5.75 Å². The largest absolute Gasteiger partial charge is 0.487 e. The zero-order valence-corrected chi connectivity index (χ0v) is 12.5. The molecule has 1 N–H and O–H groups in total. The van der Waals surface area contributed by atoms with E-state index in [4.69, 9.17) is 9.47 Å². The number of pyridine rings is 1. The van der Waals surface area contributed by atoms with Crippen LogP contribution in [0.25, 0.3) is 0 Å². The monoisotopic (exact) mass is 300 g/mol. The molecule has 1 saturated heterocycles. The van der Waals surface area contributed by atoms with Crippen molar-refractivity contribution < 1.29 is 9.47 Å². The van der Waals surface area contributed by atoms with Crippen molar-refractivity contribution in [1.82, 2.24) is 20.1 Å². The van der Waals surface area contributed by atoms with E-state index < -0.39 is 0 Å². The molecular weight excluding hydrogens is 280 g/mol. The predicted molar refractivity (Wildman–Crippen MR) is 80.5 cm³/mol. The van der Waals surface area contributed by atoms with Gasteiger partial charge in [0.1, 0.15) is 11.9 Å². The van der Waals surface area contributed by atoms with E-state index in [1.165, 1.54) is 11.3 Å². The van der Waals surface area contributed by atoms with Gasteiger partial charge in [0.2, 0.25) is 0 Å². The maximum atomic E-state index is 5.98. The molecule has 4 heterocycles. The number of aromatic nitrogens is 3. The Morgan fingerprint density at radius 3 is 3.36 bits per heavy atom. The summed E-state index contributed by atoms with van der Waals surface area (Å²) in [6, 6.07) is 3.86. The molecule has 116 valence electrons. The van der Waals surface area contributed by atoms with Gasteiger partial charge in [-0.15, -0.1) is 0 Å². The van der Waals surface area contributed by atoms with Crippen molar-refractivity contribution in [3.05, 3.63) is 41.5 Å². The molecule has 22 heavy (non-hydrogen) atoms. The zero-order valence-electron chi connectivity index (χ0n) is 12.5. The van der Waals surface area contributed by atoms with Crippen molar-refractivity contribution in [2.24, 2.45) is 0 Å². The standard InChI is InChI=1S/C16H20N4O2/c1-2-12(8-17-5-1)22-13-3-6-20(9-13)10-16-14-11-21-7-4-15(14)18-19-16/h1-2,5,8,13H,3-4,6-7,9-11H2,(H,18,19). The molecular formula is C16H20N4O2. The Morgan fingerprint density at radius 2 is 2.45 bits per heavy atom. The summed E-state index contributed by atoms with van der Waals surface area (Å²) in [5.41, 5.74) is 3.61. The maximum absolute atomic E-state index is 5.98. The maximum Gasteiger partial charge on any atom is 0.138 e. The molecule has 2 aliphatic rings. The molecule has 2 aliphatic heterocycles. The number of rotatable bonds is 4. The van der Waals surface area contributed by atoms with Crippen LogP contribution < -0.4 is 4.74 Å². The van der Waals surface area contributed by atoms with Crippen molar-refractivity contribution in [2.45, 2.75) is 32.1 Å². The summed E-state index contributed by atoms with van der Waals surface area (Å²) >= 11 is 0. The highest BCUT2D eigenvalue weighted by Crippen LogP contribution is 2.22. The number of hydrogen-bond acceptors (Lipinski definition) is 5. The van der Waals surface area contributed by atoms with Gasteiger partial charge >= 0.3 is 0 Å². The van der Waals surface area contributed by atoms with Gasteiger partial charge in [-0.25, -0.2) is 0 Å². The van der Waals surface area contributed by atoms with Crippen LogP contribution in [0.4, 0.5) is 0 Å². The van der Waals surface area contributed by atoms with Crippen LogP contribution in [0.1, 0.15) is 23.4 Å². The number of aromatic amines is 1. The number of likely N-dealkylation sites (tertiary alicyclic amines) is 1. The second-order valence-corrected chi connectivity index (χ2v) is 5.88. The first kappa shape index (κ1) is 13.7. The molecule has 1 fully saturated rings. The van der Waals surface area contributed by atoms with E-state index in [1.807, 2.05) is 12.1 Å². The summed E-state index contributed by atoms with van der Waals surface area (Å²) in [6.07, 6.45) is 5.74.